The molecule has 3 heterocycles. The first-order chi connectivity index (χ1) is 14.2. The lowest BCUT2D eigenvalue weighted by Gasteiger charge is -2.29. The van der Waals surface area contributed by atoms with Gasteiger partial charge in [0, 0.05) is 23.4 Å². The van der Waals surface area contributed by atoms with Crippen molar-refractivity contribution in [3.63, 3.8) is 0 Å². The summed E-state index contributed by atoms with van der Waals surface area (Å²) < 4.78 is 11.9. The summed E-state index contributed by atoms with van der Waals surface area (Å²) in [5.41, 5.74) is 6.15. The average Bonchev–Trinajstić information content (AvgIpc) is 3.13. The molecule has 2 aliphatic rings. The highest BCUT2D eigenvalue weighted by molar-refractivity contribution is 5.86. The maximum atomic E-state index is 12.3. The molecular formula is C24H30N2O4. The van der Waals surface area contributed by atoms with Gasteiger partial charge < -0.3 is 19.9 Å². The number of nitrogens with zero attached hydrogens (tertiary/aromatic N) is 1. The summed E-state index contributed by atoms with van der Waals surface area (Å²) in [6, 6.07) is 4.08. The molecule has 1 unspecified atom stereocenters. The van der Waals surface area contributed by atoms with Crippen LogP contribution in [0.25, 0.3) is 11.1 Å². The lowest BCUT2D eigenvalue weighted by molar-refractivity contribution is -0.160. The number of ether oxygens (including phenoxy) is 2. The molecule has 0 aliphatic carbocycles. The van der Waals surface area contributed by atoms with Crippen LogP contribution in [0.4, 0.5) is 5.82 Å². The largest absolute Gasteiger partial charge is 0.493 e. The van der Waals surface area contributed by atoms with Crippen LogP contribution < -0.4 is 10.1 Å². The van der Waals surface area contributed by atoms with Crippen LogP contribution in [0.1, 0.15) is 61.2 Å². The Kier molecular flexibility index (Phi) is 5.22. The van der Waals surface area contributed by atoms with Crippen molar-refractivity contribution in [1.82, 2.24) is 4.98 Å². The van der Waals surface area contributed by atoms with Crippen molar-refractivity contribution in [3.05, 3.63) is 40.1 Å². The number of carboxylic acid groups (broad SMARTS) is 1. The molecule has 1 aromatic carbocycles. The van der Waals surface area contributed by atoms with Crippen LogP contribution in [0, 0.1) is 13.8 Å². The van der Waals surface area contributed by atoms with E-state index in [-0.39, 0.29) is 0 Å². The Labute approximate surface area is 177 Å². The lowest BCUT2D eigenvalue weighted by atomic mass is 9.85. The van der Waals surface area contributed by atoms with Gasteiger partial charge in [0.15, 0.2) is 6.10 Å². The normalized spacial score (nSPS) is 16.3. The third-order valence-corrected chi connectivity index (χ3v) is 5.81. The number of hydrogen-bond donors (Lipinski definition) is 2. The zero-order valence-corrected chi connectivity index (χ0v) is 18.4. The van der Waals surface area contributed by atoms with Gasteiger partial charge in [0.05, 0.1) is 12.2 Å². The molecular weight excluding hydrogens is 380 g/mol. The maximum Gasteiger partial charge on any atom is 0.337 e. The van der Waals surface area contributed by atoms with Gasteiger partial charge in [-0.2, -0.15) is 0 Å². The number of carboxylic acids is 1. The fourth-order valence-electron chi connectivity index (χ4n) is 4.55. The van der Waals surface area contributed by atoms with Gasteiger partial charge in [0.2, 0.25) is 0 Å². The van der Waals surface area contributed by atoms with Crippen molar-refractivity contribution >= 4 is 11.8 Å². The standard InChI is InChI=1S/C24H30N2O4/c1-13-15-7-6-12-29-18(15)9-8-16(13)20-17-10-11-25-22(17)26-14(2)19(20)21(23(27)28)30-24(3,4)5/h8-9,21H,6-7,10-12H2,1-5H3,(H,25,26)(H,27,28). The van der Waals surface area contributed by atoms with E-state index in [1.165, 1.54) is 5.56 Å². The highest BCUT2D eigenvalue weighted by atomic mass is 16.5. The van der Waals surface area contributed by atoms with Crippen LogP contribution >= 0.6 is 0 Å². The van der Waals surface area contributed by atoms with Crippen LogP contribution in [-0.4, -0.2) is 34.8 Å². The fraction of sp³-hybridized carbons (Fsp3) is 0.500. The van der Waals surface area contributed by atoms with E-state index < -0.39 is 17.7 Å². The van der Waals surface area contributed by atoms with E-state index in [0.717, 1.165) is 66.2 Å². The molecule has 2 aliphatic heterocycles. The molecule has 6 heteroatoms. The minimum Gasteiger partial charge on any atom is -0.493 e. The molecule has 0 spiro atoms. The molecule has 0 saturated carbocycles. The van der Waals surface area contributed by atoms with Gasteiger partial charge in [-0.25, -0.2) is 9.78 Å². The van der Waals surface area contributed by atoms with Gasteiger partial charge >= 0.3 is 5.97 Å². The summed E-state index contributed by atoms with van der Waals surface area (Å²) >= 11 is 0. The van der Waals surface area contributed by atoms with Gasteiger partial charge in [-0.1, -0.05) is 6.07 Å². The first-order valence-electron chi connectivity index (χ1n) is 10.6. The number of anilines is 1. The molecule has 0 radical (unpaired) electrons. The van der Waals surface area contributed by atoms with E-state index in [2.05, 4.69) is 18.3 Å². The Bertz CT molecular complexity index is 1010. The van der Waals surface area contributed by atoms with E-state index in [9.17, 15) is 9.90 Å². The molecule has 2 aromatic rings. The number of hydrogen-bond acceptors (Lipinski definition) is 5. The third-order valence-electron chi connectivity index (χ3n) is 5.81. The molecule has 4 rings (SSSR count). The van der Waals surface area contributed by atoms with Crippen LogP contribution in [0.2, 0.25) is 0 Å². The Hall–Kier alpha value is -2.60. The van der Waals surface area contributed by atoms with Gasteiger partial charge in [0.25, 0.3) is 0 Å². The number of nitrogens with one attached hydrogen (secondary N) is 1. The molecule has 6 nitrogen and oxygen atoms in total. The summed E-state index contributed by atoms with van der Waals surface area (Å²) in [6.45, 7) is 11.1. The van der Waals surface area contributed by atoms with Crippen LogP contribution in [0.15, 0.2) is 12.1 Å². The molecule has 1 atom stereocenters. The van der Waals surface area contributed by atoms with Gasteiger partial charge in [0.1, 0.15) is 11.6 Å². The summed E-state index contributed by atoms with van der Waals surface area (Å²) in [6.07, 6.45) is 1.67. The number of fused-ring (bicyclic) bond motifs is 2. The van der Waals surface area contributed by atoms with Gasteiger partial charge in [-0.15, -0.1) is 0 Å². The van der Waals surface area contributed by atoms with E-state index >= 15 is 0 Å². The minimum atomic E-state index is -1.09. The van der Waals surface area contributed by atoms with Gasteiger partial charge in [-0.05, 0) is 82.2 Å². The van der Waals surface area contributed by atoms with Crippen molar-refractivity contribution in [2.24, 2.45) is 0 Å². The van der Waals surface area contributed by atoms with Crippen LogP contribution in [0.5, 0.6) is 5.75 Å². The zero-order valence-electron chi connectivity index (χ0n) is 18.4. The summed E-state index contributed by atoms with van der Waals surface area (Å²) in [5.74, 6) is 0.783. The Morgan fingerprint density at radius 1 is 1.23 bits per heavy atom. The van der Waals surface area contributed by atoms with Crippen molar-refractivity contribution in [2.45, 2.75) is 65.6 Å². The fourth-order valence-corrected chi connectivity index (χ4v) is 4.55. The number of benzene rings is 1. The van der Waals surface area contributed by atoms with Crippen molar-refractivity contribution in [2.75, 3.05) is 18.5 Å². The second-order valence-electron chi connectivity index (χ2n) is 9.11. The first-order valence-corrected chi connectivity index (χ1v) is 10.6. The zero-order chi connectivity index (χ0) is 21.6. The molecule has 1 aromatic heterocycles. The summed E-state index contributed by atoms with van der Waals surface area (Å²) in [7, 11) is 0. The predicted octanol–water partition coefficient (Wildman–Crippen LogP) is 4.60. The quantitative estimate of drug-likeness (QED) is 0.767. The molecule has 0 fully saturated rings. The molecule has 0 amide bonds. The topological polar surface area (TPSA) is 80.7 Å². The Morgan fingerprint density at radius 3 is 2.70 bits per heavy atom. The Balaban J connectivity index is 1.99. The van der Waals surface area contributed by atoms with Crippen molar-refractivity contribution in [1.29, 1.82) is 0 Å². The van der Waals surface area contributed by atoms with Crippen LogP contribution in [-0.2, 0) is 22.4 Å². The van der Waals surface area contributed by atoms with E-state index in [4.69, 9.17) is 14.5 Å². The predicted molar refractivity (Wildman–Crippen MR) is 116 cm³/mol. The third kappa shape index (κ3) is 3.65. The molecule has 0 bridgehead atoms. The van der Waals surface area contributed by atoms with Crippen molar-refractivity contribution < 1.29 is 19.4 Å². The highest BCUT2D eigenvalue weighted by Gasteiger charge is 2.35. The number of pyridine rings is 1. The molecule has 160 valence electrons. The number of rotatable bonds is 4. The van der Waals surface area contributed by atoms with Crippen molar-refractivity contribution in [3.8, 4) is 16.9 Å². The number of aliphatic carboxylic acids is 1. The number of carbonyl (C=O) groups is 1. The monoisotopic (exact) mass is 410 g/mol. The summed E-state index contributed by atoms with van der Waals surface area (Å²) in [5, 5.41) is 13.5. The molecule has 30 heavy (non-hydrogen) atoms. The van der Waals surface area contributed by atoms with Gasteiger partial charge in [-0.3, -0.25) is 0 Å². The lowest BCUT2D eigenvalue weighted by Crippen LogP contribution is -2.28. The van der Waals surface area contributed by atoms with Crippen LogP contribution in [0.3, 0.4) is 0 Å². The second-order valence-corrected chi connectivity index (χ2v) is 9.11. The Morgan fingerprint density at radius 2 is 2.00 bits per heavy atom. The maximum absolute atomic E-state index is 12.3. The first kappa shape index (κ1) is 20.7. The summed E-state index contributed by atoms with van der Waals surface area (Å²) in [4.78, 5) is 17.1. The SMILES string of the molecule is Cc1nc2c(c(-c3ccc4c(c3C)CCCO4)c1C(OC(C)(C)C)C(=O)O)CCN2. The molecule has 2 N–H and O–H groups in total. The second kappa shape index (κ2) is 7.58. The smallest absolute Gasteiger partial charge is 0.337 e. The number of aromatic nitrogens is 1. The van der Waals surface area contributed by atoms with E-state index in [0.29, 0.717) is 11.3 Å². The number of aryl methyl sites for hydroxylation is 1. The minimum absolute atomic E-state index is 0.608. The van der Waals surface area contributed by atoms with E-state index in [1.807, 2.05) is 33.8 Å². The average molecular weight is 411 g/mol. The van der Waals surface area contributed by atoms with E-state index in [1.54, 1.807) is 0 Å². The highest BCUT2D eigenvalue weighted by Crippen LogP contribution is 2.44. The molecule has 0 saturated heterocycles.